The Hall–Kier alpha value is -3.20. The molecule has 142 valence electrons. The Morgan fingerprint density at radius 3 is 3.04 bits per heavy atom. The van der Waals surface area contributed by atoms with Crippen molar-refractivity contribution in [1.82, 2.24) is 25.2 Å². The molecule has 9 nitrogen and oxygen atoms in total. The number of H-pyrrole nitrogens is 1. The van der Waals surface area contributed by atoms with Crippen LogP contribution >= 0.6 is 0 Å². The van der Waals surface area contributed by atoms with E-state index in [1.807, 2.05) is 7.05 Å². The maximum Gasteiger partial charge on any atom is 0.316 e. The van der Waals surface area contributed by atoms with Gasteiger partial charge >= 0.3 is 6.01 Å². The highest BCUT2D eigenvalue weighted by molar-refractivity contribution is 5.88. The van der Waals surface area contributed by atoms with Gasteiger partial charge in [-0.05, 0) is 19.2 Å². The van der Waals surface area contributed by atoms with Gasteiger partial charge in [0.1, 0.15) is 5.69 Å². The molecule has 9 heteroatoms. The van der Waals surface area contributed by atoms with Gasteiger partial charge in [-0.1, -0.05) is 6.08 Å². The van der Waals surface area contributed by atoms with Crippen molar-refractivity contribution in [2.45, 2.75) is 6.04 Å². The van der Waals surface area contributed by atoms with E-state index in [1.165, 1.54) is 7.11 Å². The number of carbonyl (C=O) groups is 1. The van der Waals surface area contributed by atoms with Crippen LogP contribution in [-0.4, -0.2) is 65.6 Å². The molecule has 0 saturated carbocycles. The third kappa shape index (κ3) is 4.50. The highest BCUT2D eigenvalue weighted by Gasteiger charge is 2.29. The van der Waals surface area contributed by atoms with Crippen LogP contribution < -0.4 is 20.9 Å². The fourth-order valence-corrected chi connectivity index (χ4v) is 2.69. The summed E-state index contributed by atoms with van der Waals surface area (Å²) in [5, 5.41) is 6.14. The number of likely N-dealkylation sites (N-methyl/N-ethyl adjacent to an activating group) is 1. The Kier molecular flexibility index (Phi) is 5.82. The zero-order valence-electron chi connectivity index (χ0n) is 15.2. The number of aromatic amines is 1. The van der Waals surface area contributed by atoms with Crippen LogP contribution in [0, 0.1) is 0 Å². The van der Waals surface area contributed by atoms with Crippen LogP contribution in [-0.2, 0) is 4.79 Å². The number of hydrogen-bond acceptors (Lipinski definition) is 7. The van der Waals surface area contributed by atoms with Crippen LogP contribution in [0.25, 0.3) is 11.3 Å². The van der Waals surface area contributed by atoms with Gasteiger partial charge in [-0.25, -0.2) is 4.98 Å². The predicted octanol–water partition coefficient (Wildman–Crippen LogP) is 0.239. The standard InChI is InChI=1S/C18H22N6O3/c1-19-6-3-4-16(25)24-10-13(11-24)22-15-8-12(9-21-17(15)26)14-5-7-20-18(23-14)27-2/h3-5,7-9,13,19,22H,6,10-11H2,1-2H3,(H,21,26)/b4-3+. The van der Waals surface area contributed by atoms with Gasteiger partial charge in [0, 0.05) is 43.7 Å². The van der Waals surface area contributed by atoms with Crippen molar-refractivity contribution in [1.29, 1.82) is 0 Å². The number of hydrogen-bond donors (Lipinski definition) is 3. The average molecular weight is 370 g/mol. The number of methoxy groups -OCH3 is 1. The van der Waals surface area contributed by atoms with Gasteiger partial charge in [-0.3, -0.25) is 9.59 Å². The van der Waals surface area contributed by atoms with E-state index in [2.05, 4.69) is 25.6 Å². The normalized spacial score (nSPS) is 14.2. The maximum absolute atomic E-state index is 12.1. The summed E-state index contributed by atoms with van der Waals surface area (Å²) in [5.74, 6) is -0.0287. The topological polar surface area (TPSA) is 112 Å². The number of aromatic nitrogens is 3. The molecule has 0 radical (unpaired) electrons. The molecule has 2 aromatic rings. The van der Waals surface area contributed by atoms with Crippen molar-refractivity contribution in [3.05, 3.63) is 47.0 Å². The van der Waals surface area contributed by atoms with E-state index in [0.717, 1.165) is 5.56 Å². The summed E-state index contributed by atoms with van der Waals surface area (Å²) >= 11 is 0. The van der Waals surface area contributed by atoms with E-state index >= 15 is 0 Å². The number of amides is 1. The molecule has 3 N–H and O–H groups in total. The summed E-state index contributed by atoms with van der Waals surface area (Å²) in [6, 6.07) is 3.76. The summed E-state index contributed by atoms with van der Waals surface area (Å²) in [7, 11) is 3.32. The third-order valence-electron chi connectivity index (χ3n) is 4.15. The molecule has 0 spiro atoms. The number of ether oxygens (including phenoxy) is 1. The third-order valence-corrected chi connectivity index (χ3v) is 4.15. The second-order valence-electron chi connectivity index (χ2n) is 6.10. The molecule has 0 atom stereocenters. The monoisotopic (exact) mass is 370 g/mol. The van der Waals surface area contributed by atoms with E-state index in [1.54, 1.807) is 41.6 Å². The average Bonchev–Trinajstić information content (AvgIpc) is 2.65. The molecule has 2 aromatic heterocycles. The SMILES string of the molecule is CNC/C=C/C(=O)N1CC(Nc2cc(-c3ccnc(OC)n3)c[nH]c2=O)C1. The fourth-order valence-electron chi connectivity index (χ4n) is 2.69. The van der Waals surface area contributed by atoms with Crippen LogP contribution in [0.2, 0.25) is 0 Å². The number of pyridine rings is 1. The number of likely N-dealkylation sites (tertiary alicyclic amines) is 1. The van der Waals surface area contributed by atoms with E-state index in [-0.39, 0.29) is 23.5 Å². The number of carbonyl (C=O) groups excluding carboxylic acids is 1. The highest BCUT2D eigenvalue weighted by Crippen LogP contribution is 2.20. The molecule has 3 heterocycles. The summed E-state index contributed by atoms with van der Waals surface area (Å²) in [6.07, 6.45) is 6.53. The first-order chi connectivity index (χ1) is 13.1. The van der Waals surface area contributed by atoms with Gasteiger partial charge in [0.2, 0.25) is 5.91 Å². The molecule has 0 bridgehead atoms. The van der Waals surface area contributed by atoms with Gasteiger partial charge in [-0.2, -0.15) is 4.98 Å². The van der Waals surface area contributed by atoms with Gasteiger partial charge in [0.15, 0.2) is 0 Å². The number of rotatable bonds is 7. The van der Waals surface area contributed by atoms with E-state index in [4.69, 9.17) is 4.74 Å². The van der Waals surface area contributed by atoms with Crippen molar-refractivity contribution in [2.75, 3.05) is 39.1 Å². The largest absolute Gasteiger partial charge is 0.467 e. The Labute approximate surface area is 156 Å². The van der Waals surface area contributed by atoms with Crippen molar-refractivity contribution in [3.8, 4) is 17.3 Å². The quantitative estimate of drug-likeness (QED) is 0.599. The lowest BCUT2D eigenvalue weighted by atomic mass is 10.1. The van der Waals surface area contributed by atoms with E-state index in [9.17, 15) is 9.59 Å². The van der Waals surface area contributed by atoms with Crippen molar-refractivity contribution in [3.63, 3.8) is 0 Å². The molecule has 1 fully saturated rings. The molecule has 3 rings (SSSR count). The molecule has 1 amide bonds. The summed E-state index contributed by atoms with van der Waals surface area (Å²) in [5.41, 5.74) is 1.59. The Morgan fingerprint density at radius 1 is 1.48 bits per heavy atom. The molecule has 1 aliphatic heterocycles. The van der Waals surface area contributed by atoms with Crippen LogP contribution in [0.15, 0.2) is 41.5 Å². The Bertz CT molecular complexity index is 889. The summed E-state index contributed by atoms with van der Waals surface area (Å²) in [6.45, 7) is 1.75. The van der Waals surface area contributed by atoms with Crippen LogP contribution in [0.3, 0.4) is 0 Å². The van der Waals surface area contributed by atoms with Gasteiger partial charge in [0.05, 0.1) is 18.8 Å². The zero-order chi connectivity index (χ0) is 19.2. The lowest BCUT2D eigenvalue weighted by Gasteiger charge is -2.39. The molecule has 0 unspecified atom stereocenters. The molecular formula is C18H22N6O3. The van der Waals surface area contributed by atoms with Gasteiger partial charge < -0.3 is 25.3 Å². The molecule has 0 aromatic carbocycles. The first kappa shape index (κ1) is 18.6. The first-order valence-corrected chi connectivity index (χ1v) is 8.57. The lowest BCUT2D eigenvalue weighted by molar-refractivity contribution is -0.129. The Balaban J connectivity index is 1.65. The zero-order valence-corrected chi connectivity index (χ0v) is 15.2. The van der Waals surface area contributed by atoms with Gasteiger partial charge in [0.25, 0.3) is 5.56 Å². The first-order valence-electron chi connectivity index (χ1n) is 8.57. The number of anilines is 1. The van der Waals surface area contributed by atoms with Crippen molar-refractivity contribution < 1.29 is 9.53 Å². The van der Waals surface area contributed by atoms with Crippen LogP contribution in [0.1, 0.15) is 0 Å². The minimum absolute atomic E-state index is 0.0287. The highest BCUT2D eigenvalue weighted by atomic mass is 16.5. The minimum atomic E-state index is -0.224. The van der Waals surface area contributed by atoms with Crippen molar-refractivity contribution >= 4 is 11.6 Å². The molecule has 1 saturated heterocycles. The molecular weight excluding hydrogens is 348 g/mol. The molecule has 27 heavy (non-hydrogen) atoms. The number of nitrogens with zero attached hydrogens (tertiary/aromatic N) is 3. The van der Waals surface area contributed by atoms with E-state index < -0.39 is 0 Å². The Morgan fingerprint density at radius 2 is 2.30 bits per heavy atom. The van der Waals surface area contributed by atoms with Crippen LogP contribution in [0.4, 0.5) is 5.69 Å². The smallest absolute Gasteiger partial charge is 0.316 e. The van der Waals surface area contributed by atoms with Crippen LogP contribution in [0.5, 0.6) is 6.01 Å². The molecule has 0 aliphatic carbocycles. The second kappa shape index (κ2) is 8.45. The maximum atomic E-state index is 12.1. The molecule has 1 aliphatic rings. The predicted molar refractivity (Wildman–Crippen MR) is 102 cm³/mol. The second-order valence-corrected chi connectivity index (χ2v) is 6.10. The summed E-state index contributed by atoms with van der Waals surface area (Å²) in [4.78, 5) is 36.7. The summed E-state index contributed by atoms with van der Waals surface area (Å²) < 4.78 is 5.03. The van der Waals surface area contributed by atoms with E-state index in [0.29, 0.717) is 31.0 Å². The van der Waals surface area contributed by atoms with Crippen molar-refractivity contribution in [2.24, 2.45) is 0 Å². The van der Waals surface area contributed by atoms with Gasteiger partial charge in [-0.15, -0.1) is 0 Å². The number of nitrogens with one attached hydrogen (secondary N) is 3. The fraction of sp³-hybridized carbons (Fsp3) is 0.333. The minimum Gasteiger partial charge on any atom is -0.467 e. The lowest BCUT2D eigenvalue weighted by Crippen LogP contribution is -2.57.